The monoisotopic (exact) mass is 602 g/mol. The molecule has 0 aliphatic carbocycles. The Labute approximate surface area is 214 Å². The first-order chi connectivity index (χ1) is 14.0. The summed E-state index contributed by atoms with van der Waals surface area (Å²) in [6, 6.07) is 32.3. The molecule has 4 aromatic rings. The molecule has 0 nitrogen and oxygen atoms in total. The Balaban J connectivity index is 0.00000256. The van der Waals surface area contributed by atoms with Gasteiger partial charge in [-0.2, -0.15) is 0 Å². The molecule has 30 heavy (non-hydrogen) atoms. The molecule has 0 heterocycles. The average molecular weight is 604 g/mol. The normalized spacial score (nSPS) is 11.1. The molecule has 0 spiro atoms. The molecular weight excluding hydrogens is 588 g/mol. The van der Waals surface area contributed by atoms with Crippen molar-refractivity contribution in [2.24, 2.45) is 0 Å². The van der Waals surface area contributed by atoms with E-state index in [1.807, 2.05) is 48.5 Å². The molecule has 0 aromatic heterocycles. The zero-order chi connectivity index (χ0) is 20.4. The number of hydrogen-bond donors (Lipinski definition) is 0. The zero-order valence-corrected chi connectivity index (χ0v) is 21.7. The van der Waals surface area contributed by atoms with E-state index in [-0.39, 0.29) is 24.0 Å². The van der Waals surface area contributed by atoms with Gasteiger partial charge < -0.3 is 24.0 Å². The largest absolute Gasteiger partial charge is 1.00 e. The summed E-state index contributed by atoms with van der Waals surface area (Å²) in [5.74, 6) is 0. The molecule has 0 saturated carbocycles. The Morgan fingerprint density at radius 2 is 0.500 bits per heavy atom. The Morgan fingerprint density at radius 1 is 0.333 bits per heavy atom. The minimum atomic E-state index is -2.22. The summed E-state index contributed by atoms with van der Waals surface area (Å²) in [6.45, 7) is 0. The van der Waals surface area contributed by atoms with Crippen LogP contribution >= 0.6 is 53.7 Å². The Hall–Kier alpha value is -0.800. The molecule has 152 valence electrons. The Morgan fingerprint density at radius 3 is 0.667 bits per heavy atom. The predicted octanol–water partition coefficient (Wildman–Crippen LogP) is 3.92. The van der Waals surface area contributed by atoms with Crippen LogP contribution in [0.15, 0.2) is 97.1 Å². The van der Waals surface area contributed by atoms with Crippen molar-refractivity contribution in [1.29, 1.82) is 0 Å². The van der Waals surface area contributed by atoms with Gasteiger partial charge in [0.1, 0.15) is 28.5 Å². The lowest BCUT2D eigenvalue weighted by Crippen LogP contribution is -3.00. The molecule has 0 aliphatic rings. The molecule has 6 heteroatoms. The van der Waals surface area contributed by atoms with Crippen molar-refractivity contribution in [3.8, 4) is 0 Å². The lowest BCUT2D eigenvalue weighted by molar-refractivity contribution is -0.00000517. The number of benzene rings is 4. The van der Waals surface area contributed by atoms with E-state index < -0.39 is 7.26 Å². The first kappa shape index (κ1) is 23.9. The summed E-state index contributed by atoms with van der Waals surface area (Å²) in [6.07, 6.45) is 0. The van der Waals surface area contributed by atoms with E-state index in [1.165, 1.54) is 21.2 Å². The van der Waals surface area contributed by atoms with Gasteiger partial charge in [0.15, 0.2) is 0 Å². The molecule has 0 aliphatic heterocycles. The Kier molecular flexibility index (Phi) is 8.12. The molecule has 0 radical (unpaired) electrons. The highest BCUT2D eigenvalue weighted by Crippen LogP contribution is 2.54. The van der Waals surface area contributed by atoms with Gasteiger partial charge in [-0.15, -0.1) is 0 Å². The number of rotatable bonds is 4. The fourth-order valence-electron chi connectivity index (χ4n) is 3.55. The molecule has 0 atom stereocenters. The quantitative estimate of drug-likeness (QED) is 0.245. The van der Waals surface area contributed by atoms with Crippen molar-refractivity contribution in [2.75, 3.05) is 0 Å². The smallest absolute Gasteiger partial charge is 0.144 e. The van der Waals surface area contributed by atoms with Crippen molar-refractivity contribution >= 4 is 74.9 Å². The van der Waals surface area contributed by atoms with Gasteiger partial charge >= 0.3 is 0 Å². The molecule has 4 aromatic carbocycles. The maximum atomic E-state index is 6.22. The van der Waals surface area contributed by atoms with E-state index >= 15 is 0 Å². The van der Waals surface area contributed by atoms with Crippen LogP contribution in [0.25, 0.3) is 0 Å². The summed E-state index contributed by atoms with van der Waals surface area (Å²) in [7, 11) is -2.22. The van der Waals surface area contributed by atoms with E-state index in [9.17, 15) is 0 Å². The second kappa shape index (κ2) is 10.2. The third kappa shape index (κ3) is 4.67. The first-order valence-electron chi connectivity index (χ1n) is 8.94. The standard InChI is InChI=1S/C24H16Cl4P.HI/c25-17-1-9-21(10-2-17)29(22-11-3-18(26)4-12-22,23-13-5-19(27)6-14-23)24-15-7-20(28)8-16-24;/h1-16H;1H/q+1;/p-1. The van der Waals surface area contributed by atoms with Crippen molar-refractivity contribution in [2.45, 2.75) is 0 Å². The fourth-order valence-corrected chi connectivity index (χ4v) is 8.23. The highest BCUT2D eigenvalue weighted by Gasteiger charge is 2.47. The molecule has 0 saturated heterocycles. The van der Waals surface area contributed by atoms with Crippen LogP contribution in [0.2, 0.25) is 20.1 Å². The van der Waals surface area contributed by atoms with Crippen LogP contribution in [0.3, 0.4) is 0 Å². The molecule has 0 amide bonds. The molecule has 0 N–H and O–H groups in total. The maximum Gasteiger partial charge on any atom is 0.144 e. The molecular formula is C24H16Cl4IP. The van der Waals surface area contributed by atoms with Gasteiger partial charge in [-0.1, -0.05) is 46.4 Å². The van der Waals surface area contributed by atoms with Crippen LogP contribution in [0.5, 0.6) is 0 Å². The van der Waals surface area contributed by atoms with Gasteiger partial charge in [0, 0.05) is 20.1 Å². The van der Waals surface area contributed by atoms with Gasteiger partial charge in [0.2, 0.25) is 0 Å². The van der Waals surface area contributed by atoms with Crippen LogP contribution in [0, 0.1) is 0 Å². The van der Waals surface area contributed by atoms with E-state index in [0.717, 1.165) is 0 Å². The van der Waals surface area contributed by atoms with Gasteiger partial charge in [0.05, 0.1) is 0 Å². The van der Waals surface area contributed by atoms with Crippen molar-refractivity contribution in [1.82, 2.24) is 0 Å². The maximum absolute atomic E-state index is 6.22. The molecule has 4 rings (SSSR count). The topological polar surface area (TPSA) is 0 Å². The van der Waals surface area contributed by atoms with E-state index in [1.54, 1.807) is 0 Å². The summed E-state index contributed by atoms with van der Waals surface area (Å²) in [4.78, 5) is 0. The summed E-state index contributed by atoms with van der Waals surface area (Å²) in [5, 5.41) is 7.57. The zero-order valence-electron chi connectivity index (χ0n) is 15.6. The summed E-state index contributed by atoms with van der Waals surface area (Å²) < 4.78 is 0. The van der Waals surface area contributed by atoms with Crippen molar-refractivity contribution in [3.05, 3.63) is 117 Å². The Bertz CT molecular complexity index is 922. The van der Waals surface area contributed by atoms with Crippen LogP contribution in [0.4, 0.5) is 0 Å². The third-order valence-corrected chi connectivity index (χ3v) is 10.2. The van der Waals surface area contributed by atoms with E-state index in [4.69, 9.17) is 46.4 Å². The SMILES string of the molecule is Clc1ccc([P+](c2ccc(Cl)cc2)(c2ccc(Cl)cc2)c2ccc(Cl)cc2)cc1.[I-]. The lowest BCUT2D eigenvalue weighted by atomic mass is 10.3. The predicted molar refractivity (Wildman–Crippen MR) is 131 cm³/mol. The average Bonchev–Trinajstić information content (AvgIpc) is 2.73. The van der Waals surface area contributed by atoms with Crippen LogP contribution in [-0.4, -0.2) is 0 Å². The highest BCUT2D eigenvalue weighted by molar-refractivity contribution is 8.01. The third-order valence-electron chi connectivity index (χ3n) is 4.86. The molecule has 0 fully saturated rings. The summed E-state index contributed by atoms with van der Waals surface area (Å²) in [5.41, 5.74) is 0. The van der Waals surface area contributed by atoms with Crippen LogP contribution in [-0.2, 0) is 0 Å². The van der Waals surface area contributed by atoms with Gasteiger partial charge in [-0.25, -0.2) is 0 Å². The van der Waals surface area contributed by atoms with Crippen LogP contribution < -0.4 is 45.2 Å². The van der Waals surface area contributed by atoms with E-state index in [2.05, 4.69) is 48.5 Å². The highest BCUT2D eigenvalue weighted by atomic mass is 127. The first-order valence-corrected chi connectivity index (χ1v) is 12.2. The number of halogens is 5. The second-order valence-electron chi connectivity index (χ2n) is 6.58. The minimum Gasteiger partial charge on any atom is -1.00 e. The number of hydrogen-bond acceptors (Lipinski definition) is 0. The van der Waals surface area contributed by atoms with Gasteiger partial charge in [0.25, 0.3) is 0 Å². The van der Waals surface area contributed by atoms with Gasteiger partial charge in [-0.05, 0) is 97.1 Å². The fraction of sp³-hybridized carbons (Fsp3) is 0. The minimum absolute atomic E-state index is 0. The molecule has 0 bridgehead atoms. The van der Waals surface area contributed by atoms with Crippen molar-refractivity contribution < 1.29 is 24.0 Å². The summed E-state index contributed by atoms with van der Waals surface area (Å²) >= 11 is 24.9. The lowest BCUT2D eigenvalue weighted by Gasteiger charge is -2.27. The van der Waals surface area contributed by atoms with Crippen molar-refractivity contribution in [3.63, 3.8) is 0 Å². The van der Waals surface area contributed by atoms with Crippen LogP contribution in [0.1, 0.15) is 0 Å². The second-order valence-corrected chi connectivity index (χ2v) is 11.7. The van der Waals surface area contributed by atoms with Gasteiger partial charge in [-0.3, -0.25) is 0 Å². The van der Waals surface area contributed by atoms with E-state index in [0.29, 0.717) is 20.1 Å². The molecule has 0 unspecified atom stereocenters.